The number of amides is 2. The van der Waals surface area contributed by atoms with Crippen molar-refractivity contribution in [3.63, 3.8) is 0 Å². The van der Waals surface area contributed by atoms with Crippen LogP contribution in [0.3, 0.4) is 0 Å². The Hall–Kier alpha value is -2.82. The monoisotopic (exact) mass is 532 g/mol. The van der Waals surface area contributed by atoms with Crippen LogP contribution in [0.1, 0.15) is 54.0 Å². The van der Waals surface area contributed by atoms with E-state index < -0.39 is 41.5 Å². The summed E-state index contributed by atoms with van der Waals surface area (Å²) in [4.78, 5) is 13.9. The van der Waals surface area contributed by atoms with Gasteiger partial charge in [-0.2, -0.15) is 26.3 Å². The van der Waals surface area contributed by atoms with E-state index in [9.17, 15) is 35.5 Å². The molecule has 1 N–H and O–H groups in total. The molecule has 1 saturated carbocycles. The standard InChI is InChI=1S/C26H27F7N2O2/c1-14(17-9-18(25(28,29)30)11-19(10-17)26(31,32)33)37-22-8-5-16-12-35(24(36)34-2)13-21(16)23(22)15-3-6-20(27)7-4-15/h3-4,6-7,9-11,14,16,21-23H,5,8,12-13H2,1-2H3,(H,34,36)/t14-,16?,21?,22+,23+/m1/s1. The first-order valence-electron chi connectivity index (χ1n) is 11.9. The van der Waals surface area contributed by atoms with E-state index in [0.29, 0.717) is 38.1 Å². The van der Waals surface area contributed by atoms with Crippen LogP contribution in [0, 0.1) is 17.7 Å². The van der Waals surface area contributed by atoms with Gasteiger partial charge < -0.3 is 15.0 Å². The number of alkyl halides is 6. The van der Waals surface area contributed by atoms with Crippen molar-refractivity contribution < 1.29 is 40.3 Å². The second kappa shape index (κ2) is 10.2. The first kappa shape index (κ1) is 27.2. The van der Waals surface area contributed by atoms with Crippen molar-refractivity contribution in [1.82, 2.24) is 10.2 Å². The maximum atomic E-state index is 13.7. The molecule has 0 bridgehead atoms. The molecule has 1 saturated heterocycles. The Balaban J connectivity index is 1.66. The van der Waals surface area contributed by atoms with E-state index in [0.717, 1.165) is 5.56 Å². The Bertz CT molecular complexity index is 1090. The number of benzene rings is 2. The van der Waals surface area contributed by atoms with E-state index in [1.54, 1.807) is 17.0 Å². The molecule has 0 spiro atoms. The Morgan fingerprint density at radius 1 is 0.973 bits per heavy atom. The van der Waals surface area contributed by atoms with Crippen molar-refractivity contribution in [2.45, 2.75) is 50.2 Å². The first-order chi connectivity index (χ1) is 17.3. The quantitative estimate of drug-likeness (QED) is 0.442. The maximum absolute atomic E-state index is 13.7. The summed E-state index contributed by atoms with van der Waals surface area (Å²) in [6.45, 7) is 2.35. The van der Waals surface area contributed by atoms with Crippen molar-refractivity contribution in [3.8, 4) is 0 Å². The minimum Gasteiger partial charge on any atom is -0.370 e. The lowest BCUT2D eigenvalue weighted by molar-refractivity contribution is -0.143. The third kappa shape index (κ3) is 5.86. The van der Waals surface area contributed by atoms with Gasteiger partial charge in [0.1, 0.15) is 5.82 Å². The summed E-state index contributed by atoms with van der Waals surface area (Å²) in [5.74, 6) is -0.706. The number of fused-ring (bicyclic) bond motifs is 1. The number of halogens is 7. The molecule has 202 valence electrons. The molecule has 5 atom stereocenters. The first-order valence-corrected chi connectivity index (χ1v) is 11.9. The number of carbonyl (C=O) groups is 1. The van der Waals surface area contributed by atoms with Crippen LogP contribution in [-0.2, 0) is 17.1 Å². The average Bonchev–Trinajstić information content (AvgIpc) is 3.27. The van der Waals surface area contributed by atoms with Gasteiger partial charge in [-0.25, -0.2) is 9.18 Å². The molecule has 11 heteroatoms. The van der Waals surface area contributed by atoms with Crippen LogP contribution in [0.4, 0.5) is 35.5 Å². The zero-order valence-electron chi connectivity index (χ0n) is 20.2. The van der Waals surface area contributed by atoms with E-state index in [-0.39, 0.29) is 35.4 Å². The third-order valence-electron chi connectivity index (χ3n) is 7.39. The number of rotatable bonds is 4. The van der Waals surface area contributed by atoms with Crippen molar-refractivity contribution in [1.29, 1.82) is 0 Å². The number of hydrogen-bond donors (Lipinski definition) is 1. The van der Waals surface area contributed by atoms with E-state index in [2.05, 4.69) is 5.32 Å². The third-order valence-corrected chi connectivity index (χ3v) is 7.39. The molecule has 37 heavy (non-hydrogen) atoms. The minimum absolute atomic E-state index is 0.0686. The molecule has 1 aliphatic carbocycles. The Morgan fingerprint density at radius 3 is 2.11 bits per heavy atom. The van der Waals surface area contributed by atoms with E-state index in [1.165, 1.54) is 26.1 Å². The van der Waals surface area contributed by atoms with Gasteiger partial charge in [-0.1, -0.05) is 12.1 Å². The van der Waals surface area contributed by atoms with Gasteiger partial charge >= 0.3 is 18.4 Å². The second-order valence-electron chi connectivity index (χ2n) is 9.69. The lowest BCUT2D eigenvalue weighted by atomic mass is 9.69. The summed E-state index contributed by atoms with van der Waals surface area (Å²) in [6, 6.07) is 7.04. The van der Waals surface area contributed by atoms with E-state index in [1.807, 2.05) is 0 Å². The molecular weight excluding hydrogens is 505 g/mol. The average molecular weight is 532 g/mol. The highest BCUT2D eigenvalue weighted by Crippen LogP contribution is 2.48. The summed E-state index contributed by atoms with van der Waals surface area (Å²) >= 11 is 0. The molecule has 2 unspecified atom stereocenters. The highest BCUT2D eigenvalue weighted by Gasteiger charge is 2.47. The molecule has 0 radical (unpaired) electrons. The highest BCUT2D eigenvalue weighted by atomic mass is 19.4. The van der Waals surface area contributed by atoms with Gasteiger partial charge in [-0.15, -0.1) is 0 Å². The molecule has 4 nitrogen and oxygen atoms in total. The molecule has 2 fully saturated rings. The van der Waals surface area contributed by atoms with Crippen molar-refractivity contribution in [2.24, 2.45) is 11.8 Å². The molecule has 2 aliphatic rings. The summed E-state index contributed by atoms with van der Waals surface area (Å²) in [5, 5.41) is 2.60. The van der Waals surface area contributed by atoms with Crippen LogP contribution in [0.5, 0.6) is 0 Å². The van der Waals surface area contributed by atoms with E-state index >= 15 is 0 Å². The fourth-order valence-corrected chi connectivity index (χ4v) is 5.62. The Labute approximate surface area is 209 Å². The summed E-state index contributed by atoms with van der Waals surface area (Å²) in [7, 11) is 1.53. The van der Waals surface area contributed by atoms with Gasteiger partial charge in [-0.3, -0.25) is 0 Å². The van der Waals surface area contributed by atoms with Gasteiger partial charge in [-0.05, 0) is 73.1 Å². The molecule has 2 aromatic carbocycles. The predicted octanol–water partition coefficient (Wildman–Crippen LogP) is 6.77. The smallest absolute Gasteiger partial charge is 0.370 e. The fraction of sp³-hybridized carbons (Fsp3) is 0.500. The number of ether oxygens (including phenoxy) is 1. The number of nitrogens with one attached hydrogen (secondary N) is 1. The topological polar surface area (TPSA) is 41.6 Å². The van der Waals surface area contributed by atoms with Crippen LogP contribution < -0.4 is 5.32 Å². The number of likely N-dealkylation sites (tertiary alicyclic amines) is 1. The minimum atomic E-state index is -4.96. The van der Waals surface area contributed by atoms with Crippen molar-refractivity contribution in [2.75, 3.05) is 20.1 Å². The molecule has 4 rings (SSSR count). The fourth-order valence-electron chi connectivity index (χ4n) is 5.62. The molecular formula is C26H27F7N2O2. The molecule has 1 heterocycles. The largest absolute Gasteiger partial charge is 0.416 e. The Kier molecular flexibility index (Phi) is 7.47. The van der Waals surface area contributed by atoms with Gasteiger partial charge in [0, 0.05) is 26.1 Å². The van der Waals surface area contributed by atoms with Crippen LogP contribution >= 0.6 is 0 Å². The van der Waals surface area contributed by atoms with Gasteiger partial charge in [0.05, 0.1) is 23.3 Å². The van der Waals surface area contributed by atoms with Crippen molar-refractivity contribution >= 4 is 6.03 Å². The summed E-state index contributed by atoms with van der Waals surface area (Å²) in [5.41, 5.74) is -2.29. The molecule has 2 aromatic rings. The van der Waals surface area contributed by atoms with Crippen LogP contribution in [-0.4, -0.2) is 37.2 Å². The summed E-state index contributed by atoms with van der Waals surface area (Å²) in [6.07, 6.45) is -10.4. The number of carbonyl (C=O) groups excluding carboxylic acids is 1. The molecule has 0 aromatic heterocycles. The lowest BCUT2D eigenvalue weighted by Crippen LogP contribution is -2.39. The predicted molar refractivity (Wildman–Crippen MR) is 121 cm³/mol. The molecule has 2 amide bonds. The van der Waals surface area contributed by atoms with Crippen molar-refractivity contribution in [3.05, 3.63) is 70.5 Å². The van der Waals surface area contributed by atoms with Gasteiger partial charge in [0.2, 0.25) is 0 Å². The van der Waals surface area contributed by atoms with Crippen LogP contribution in [0.25, 0.3) is 0 Å². The number of hydrogen-bond acceptors (Lipinski definition) is 2. The molecule has 1 aliphatic heterocycles. The lowest BCUT2D eigenvalue weighted by Gasteiger charge is -2.41. The SMILES string of the molecule is CNC(=O)N1CC2CC[C@H](O[C@H](C)c3cc(C(F)(F)F)cc(C(F)(F)F)c3)[C@@H](c3ccc(F)cc3)C2C1. The maximum Gasteiger partial charge on any atom is 0.416 e. The number of nitrogens with zero attached hydrogens (tertiary/aromatic N) is 1. The summed E-state index contributed by atoms with van der Waals surface area (Å²) < 4.78 is 100. The second-order valence-corrected chi connectivity index (χ2v) is 9.69. The zero-order valence-corrected chi connectivity index (χ0v) is 20.2. The van der Waals surface area contributed by atoms with Gasteiger partial charge in [0.25, 0.3) is 0 Å². The van der Waals surface area contributed by atoms with Gasteiger partial charge in [0.15, 0.2) is 0 Å². The van der Waals surface area contributed by atoms with Crippen LogP contribution in [0.2, 0.25) is 0 Å². The van der Waals surface area contributed by atoms with Crippen LogP contribution in [0.15, 0.2) is 42.5 Å². The van der Waals surface area contributed by atoms with E-state index in [4.69, 9.17) is 4.74 Å². The highest BCUT2D eigenvalue weighted by molar-refractivity contribution is 5.74. The Morgan fingerprint density at radius 2 is 1.57 bits per heavy atom. The zero-order chi connectivity index (χ0) is 27.1. The number of urea groups is 1. The normalized spacial score (nSPS) is 25.1.